The summed E-state index contributed by atoms with van der Waals surface area (Å²) in [5.74, 6) is 1.40. The van der Waals surface area contributed by atoms with Gasteiger partial charge in [0.05, 0.1) is 10.2 Å². The fourth-order valence-corrected chi connectivity index (χ4v) is 4.18. The molecule has 1 aromatic heterocycles. The molecule has 0 unspecified atom stereocenters. The van der Waals surface area contributed by atoms with Gasteiger partial charge < -0.3 is 14.4 Å². The largest absolute Gasteiger partial charge is 0.454 e. The minimum atomic E-state index is -0.0263. The Morgan fingerprint density at radius 2 is 1.93 bits per heavy atom. The Labute approximate surface area is 168 Å². The van der Waals surface area contributed by atoms with Gasteiger partial charge >= 0.3 is 0 Å². The van der Waals surface area contributed by atoms with Crippen LogP contribution in [0.2, 0.25) is 0 Å². The second-order valence-corrected chi connectivity index (χ2v) is 8.16. The second-order valence-electron chi connectivity index (χ2n) is 7.15. The van der Waals surface area contributed by atoms with Gasteiger partial charge in [0.1, 0.15) is 0 Å². The van der Waals surface area contributed by atoms with Crippen LogP contribution in [0.4, 0.5) is 5.13 Å². The summed E-state index contributed by atoms with van der Waals surface area (Å²) in [6.45, 7) is 3.74. The molecule has 0 fully saturated rings. The molecule has 3 aromatic rings. The predicted molar refractivity (Wildman–Crippen MR) is 112 cm³/mol. The van der Waals surface area contributed by atoms with E-state index in [4.69, 9.17) is 14.5 Å². The molecular weight excluding hydrogens is 374 g/mol. The van der Waals surface area contributed by atoms with Gasteiger partial charge in [0.2, 0.25) is 6.79 Å². The van der Waals surface area contributed by atoms with Gasteiger partial charge in [0, 0.05) is 24.2 Å². The van der Waals surface area contributed by atoms with Crippen LogP contribution < -0.4 is 14.4 Å². The van der Waals surface area contributed by atoms with Gasteiger partial charge in [-0.2, -0.15) is 0 Å². The zero-order chi connectivity index (χ0) is 19.7. The standard InChI is InChI=1S/C21H23N3O3S/c1-14-6-4-7-15(10-14)20(25)24(9-5-8-23(2)3)21-22-16-11-17-18(27-13-26-17)12-19(16)28-21/h4,6-7,10-12H,5,8-9,13H2,1-3H3. The molecule has 4 rings (SSSR count). The third kappa shape index (κ3) is 3.81. The number of aromatic nitrogens is 1. The molecule has 0 aliphatic carbocycles. The number of anilines is 1. The molecule has 7 heteroatoms. The van der Waals surface area contributed by atoms with Crippen molar-refractivity contribution in [2.45, 2.75) is 13.3 Å². The van der Waals surface area contributed by atoms with Crippen LogP contribution in [0.15, 0.2) is 36.4 Å². The number of rotatable bonds is 6. The maximum atomic E-state index is 13.3. The fourth-order valence-electron chi connectivity index (χ4n) is 3.18. The number of amides is 1. The molecule has 0 spiro atoms. The summed E-state index contributed by atoms with van der Waals surface area (Å²) < 4.78 is 11.9. The Hall–Kier alpha value is -2.64. The highest BCUT2D eigenvalue weighted by atomic mass is 32.1. The second kappa shape index (κ2) is 7.77. The fraction of sp³-hybridized carbons (Fsp3) is 0.333. The Morgan fingerprint density at radius 3 is 2.68 bits per heavy atom. The number of hydrogen-bond acceptors (Lipinski definition) is 6. The quantitative estimate of drug-likeness (QED) is 0.631. The molecule has 0 atom stereocenters. The third-order valence-corrected chi connectivity index (χ3v) is 5.64. The molecule has 2 aromatic carbocycles. The number of thiazole rings is 1. The van der Waals surface area contributed by atoms with Crippen LogP contribution in [0.25, 0.3) is 10.2 Å². The molecule has 28 heavy (non-hydrogen) atoms. The Kier molecular flexibility index (Phi) is 5.19. The van der Waals surface area contributed by atoms with E-state index in [1.54, 1.807) is 4.90 Å². The number of aryl methyl sites for hydroxylation is 1. The van der Waals surface area contributed by atoms with Crippen molar-refractivity contribution in [2.75, 3.05) is 38.9 Å². The van der Waals surface area contributed by atoms with E-state index in [2.05, 4.69) is 4.90 Å². The number of ether oxygens (including phenoxy) is 2. The first-order valence-electron chi connectivity index (χ1n) is 9.25. The van der Waals surface area contributed by atoms with Crippen molar-refractivity contribution in [3.8, 4) is 11.5 Å². The minimum Gasteiger partial charge on any atom is -0.454 e. The first-order valence-corrected chi connectivity index (χ1v) is 10.1. The molecule has 1 aliphatic rings. The topological polar surface area (TPSA) is 54.9 Å². The van der Waals surface area contributed by atoms with Crippen molar-refractivity contribution in [2.24, 2.45) is 0 Å². The Morgan fingerprint density at radius 1 is 1.14 bits per heavy atom. The van der Waals surface area contributed by atoms with Crippen molar-refractivity contribution in [1.82, 2.24) is 9.88 Å². The lowest BCUT2D eigenvalue weighted by Gasteiger charge is -2.21. The zero-order valence-electron chi connectivity index (χ0n) is 16.3. The van der Waals surface area contributed by atoms with Crippen molar-refractivity contribution >= 4 is 32.6 Å². The molecule has 146 valence electrons. The van der Waals surface area contributed by atoms with Gasteiger partial charge in [-0.05, 0) is 46.1 Å². The van der Waals surface area contributed by atoms with Crippen LogP contribution in [0, 0.1) is 6.92 Å². The Balaban J connectivity index is 1.68. The molecule has 2 heterocycles. The number of carbonyl (C=O) groups is 1. The van der Waals surface area contributed by atoms with E-state index in [0.29, 0.717) is 23.0 Å². The zero-order valence-corrected chi connectivity index (χ0v) is 17.1. The van der Waals surface area contributed by atoms with Gasteiger partial charge in [-0.1, -0.05) is 29.0 Å². The predicted octanol–water partition coefficient (Wildman–Crippen LogP) is 3.93. The van der Waals surface area contributed by atoms with E-state index in [-0.39, 0.29) is 12.7 Å². The highest BCUT2D eigenvalue weighted by Gasteiger charge is 2.23. The van der Waals surface area contributed by atoms with E-state index < -0.39 is 0 Å². The average Bonchev–Trinajstić information content (AvgIpc) is 3.28. The summed E-state index contributed by atoms with van der Waals surface area (Å²) in [5.41, 5.74) is 2.56. The summed E-state index contributed by atoms with van der Waals surface area (Å²) in [4.78, 5) is 21.9. The van der Waals surface area contributed by atoms with Crippen LogP contribution in [-0.2, 0) is 0 Å². The molecule has 0 radical (unpaired) electrons. The van der Waals surface area contributed by atoms with E-state index in [0.717, 1.165) is 34.5 Å². The maximum absolute atomic E-state index is 13.3. The lowest BCUT2D eigenvalue weighted by atomic mass is 10.1. The maximum Gasteiger partial charge on any atom is 0.260 e. The summed E-state index contributed by atoms with van der Waals surface area (Å²) in [6, 6.07) is 11.5. The molecule has 0 saturated carbocycles. The summed E-state index contributed by atoms with van der Waals surface area (Å²) in [6.07, 6.45) is 0.864. The van der Waals surface area contributed by atoms with E-state index in [1.165, 1.54) is 11.3 Å². The number of benzene rings is 2. The molecule has 0 N–H and O–H groups in total. The highest BCUT2D eigenvalue weighted by Crippen LogP contribution is 2.40. The van der Waals surface area contributed by atoms with Crippen molar-refractivity contribution in [3.63, 3.8) is 0 Å². The van der Waals surface area contributed by atoms with E-state index in [9.17, 15) is 4.79 Å². The van der Waals surface area contributed by atoms with Gasteiger partial charge in [-0.15, -0.1) is 0 Å². The molecule has 0 bridgehead atoms. The Bertz CT molecular complexity index is 974. The molecular formula is C21H23N3O3S. The summed E-state index contributed by atoms with van der Waals surface area (Å²) in [7, 11) is 4.07. The summed E-state index contributed by atoms with van der Waals surface area (Å²) >= 11 is 1.50. The van der Waals surface area contributed by atoms with E-state index >= 15 is 0 Å². The smallest absolute Gasteiger partial charge is 0.260 e. The lowest BCUT2D eigenvalue weighted by Crippen LogP contribution is -2.33. The number of fused-ring (bicyclic) bond motifs is 2. The molecule has 6 nitrogen and oxygen atoms in total. The third-order valence-electron chi connectivity index (χ3n) is 4.60. The highest BCUT2D eigenvalue weighted by molar-refractivity contribution is 7.22. The van der Waals surface area contributed by atoms with Crippen LogP contribution in [0.5, 0.6) is 11.5 Å². The monoisotopic (exact) mass is 397 g/mol. The summed E-state index contributed by atoms with van der Waals surface area (Å²) in [5, 5.41) is 0.698. The van der Waals surface area contributed by atoms with Gasteiger partial charge in [-0.25, -0.2) is 4.98 Å². The van der Waals surface area contributed by atoms with Crippen molar-refractivity contribution < 1.29 is 14.3 Å². The van der Waals surface area contributed by atoms with Crippen LogP contribution >= 0.6 is 11.3 Å². The number of nitrogens with zero attached hydrogens (tertiary/aromatic N) is 3. The first-order chi connectivity index (χ1) is 13.5. The lowest BCUT2D eigenvalue weighted by molar-refractivity contribution is 0.0986. The number of carbonyl (C=O) groups excluding carboxylic acids is 1. The van der Waals surface area contributed by atoms with Gasteiger partial charge in [0.25, 0.3) is 5.91 Å². The van der Waals surface area contributed by atoms with Crippen molar-refractivity contribution in [1.29, 1.82) is 0 Å². The van der Waals surface area contributed by atoms with Crippen LogP contribution in [-0.4, -0.2) is 49.8 Å². The average molecular weight is 398 g/mol. The van der Waals surface area contributed by atoms with Crippen LogP contribution in [0.1, 0.15) is 22.3 Å². The number of hydrogen-bond donors (Lipinski definition) is 0. The normalized spacial score (nSPS) is 12.7. The molecule has 0 saturated heterocycles. The van der Waals surface area contributed by atoms with Crippen LogP contribution in [0.3, 0.4) is 0 Å². The van der Waals surface area contributed by atoms with Crippen molar-refractivity contribution in [3.05, 3.63) is 47.5 Å². The van der Waals surface area contributed by atoms with Gasteiger partial charge in [0.15, 0.2) is 16.6 Å². The molecule has 1 amide bonds. The first kappa shape index (κ1) is 18.7. The minimum absolute atomic E-state index is 0.0263. The van der Waals surface area contributed by atoms with E-state index in [1.807, 2.05) is 57.4 Å². The SMILES string of the molecule is Cc1cccc(C(=O)N(CCCN(C)C)c2nc3cc4c(cc3s2)OCO4)c1. The van der Waals surface area contributed by atoms with Gasteiger partial charge in [-0.3, -0.25) is 9.69 Å². The molecule has 1 aliphatic heterocycles.